The van der Waals surface area contributed by atoms with Crippen LogP contribution in [0.1, 0.15) is 15.9 Å². The van der Waals surface area contributed by atoms with Crippen molar-refractivity contribution in [3.63, 3.8) is 0 Å². The van der Waals surface area contributed by atoms with Crippen LogP contribution in [0.5, 0.6) is 0 Å². The summed E-state index contributed by atoms with van der Waals surface area (Å²) in [5.41, 5.74) is 8.51. The van der Waals surface area contributed by atoms with Crippen LogP contribution in [0.3, 0.4) is 0 Å². The largest absolute Gasteiger partial charge is 0.399 e. The van der Waals surface area contributed by atoms with Crippen LogP contribution in [0.25, 0.3) is 0 Å². The van der Waals surface area contributed by atoms with E-state index in [9.17, 15) is 4.79 Å². The molecule has 6 nitrogen and oxygen atoms in total. The second-order valence-corrected chi connectivity index (χ2v) is 4.77. The van der Waals surface area contributed by atoms with Crippen molar-refractivity contribution in [1.29, 1.82) is 0 Å². The summed E-state index contributed by atoms with van der Waals surface area (Å²) in [6, 6.07) is 8.95. The maximum Gasteiger partial charge on any atom is 0.253 e. The quantitative estimate of drug-likeness (QED) is 0.534. The van der Waals surface area contributed by atoms with Gasteiger partial charge in [-0.3, -0.25) is 9.78 Å². The van der Waals surface area contributed by atoms with Crippen molar-refractivity contribution in [3.05, 3.63) is 53.9 Å². The number of methoxy groups -OCH3 is 1. The van der Waals surface area contributed by atoms with Crippen LogP contribution in [-0.2, 0) is 11.3 Å². The van der Waals surface area contributed by atoms with Crippen molar-refractivity contribution < 1.29 is 9.53 Å². The number of hydrogen-bond donors (Lipinski definition) is 3. The zero-order valence-electron chi connectivity index (χ0n) is 12.5. The maximum absolute atomic E-state index is 12.4. The third-order valence-electron chi connectivity index (χ3n) is 3.09. The molecule has 1 amide bonds. The second-order valence-electron chi connectivity index (χ2n) is 4.77. The summed E-state index contributed by atoms with van der Waals surface area (Å²) >= 11 is 0. The number of nitrogens with two attached hydrogens (primary N) is 1. The van der Waals surface area contributed by atoms with Crippen LogP contribution >= 0.6 is 0 Å². The summed E-state index contributed by atoms with van der Waals surface area (Å²) in [7, 11) is 1.63. The van der Waals surface area contributed by atoms with E-state index in [4.69, 9.17) is 10.5 Å². The SMILES string of the molecule is COCCNc1ccc(N)cc1C(=O)NCc1cccnc1. The van der Waals surface area contributed by atoms with Crippen molar-refractivity contribution in [2.24, 2.45) is 0 Å². The third-order valence-corrected chi connectivity index (χ3v) is 3.09. The lowest BCUT2D eigenvalue weighted by molar-refractivity contribution is 0.0951. The van der Waals surface area contributed by atoms with E-state index in [1.54, 1.807) is 37.7 Å². The molecule has 0 fully saturated rings. The van der Waals surface area contributed by atoms with E-state index < -0.39 is 0 Å². The van der Waals surface area contributed by atoms with E-state index >= 15 is 0 Å². The summed E-state index contributed by atoms with van der Waals surface area (Å²) in [4.78, 5) is 16.4. The van der Waals surface area contributed by atoms with Crippen LogP contribution in [0.4, 0.5) is 11.4 Å². The molecule has 0 bridgehead atoms. The number of ether oxygens (including phenoxy) is 1. The van der Waals surface area contributed by atoms with E-state index in [0.717, 1.165) is 11.3 Å². The Morgan fingerprint density at radius 3 is 2.95 bits per heavy atom. The molecule has 6 heteroatoms. The van der Waals surface area contributed by atoms with Gasteiger partial charge in [0.1, 0.15) is 0 Å². The summed E-state index contributed by atoms with van der Waals surface area (Å²) in [6.45, 7) is 1.59. The van der Waals surface area contributed by atoms with Crippen molar-refractivity contribution >= 4 is 17.3 Å². The Morgan fingerprint density at radius 1 is 1.36 bits per heavy atom. The number of amides is 1. The number of benzene rings is 1. The van der Waals surface area contributed by atoms with Gasteiger partial charge >= 0.3 is 0 Å². The normalized spacial score (nSPS) is 10.2. The number of nitrogens with zero attached hydrogens (tertiary/aromatic N) is 1. The highest BCUT2D eigenvalue weighted by Crippen LogP contribution is 2.19. The molecule has 2 rings (SSSR count). The Labute approximate surface area is 129 Å². The van der Waals surface area contributed by atoms with Gasteiger partial charge in [-0.25, -0.2) is 0 Å². The minimum atomic E-state index is -0.184. The number of hydrogen-bond acceptors (Lipinski definition) is 5. The first-order valence-electron chi connectivity index (χ1n) is 7.00. The zero-order chi connectivity index (χ0) is 15.8. The fourth-order valence-electron chi connectivity index (χ4n) is 1.97. The number of rotatable bonds is 7. The third kappa shape index (κ3) is 4.46. The van der Waals surface area contributed by atoms with Gasteiger partial charge in [-0.2, -0.15) is 0 Å². The topological polar surface area (TPSA) is 89.3 Å². The number of nitrogens with one attached hydrogen (secondary N) is 2. The Hall–Kier alpha value is -2.60. The predicted molar refractivity (Wildman–Crippen MR) is 86.6 cm³/mol. The van der Waals surface area contributed by atoms with Crippen molar-refractivity contribution in [2.45, 2.75) is 6.54 Å². The fourth-order valence-corrected chi connectivity index (χ4v) is 1.97. The van der Waals surface area contributed by atoms with Gasteiger partial charge in [0.05, 0.1) is 12.2 Å². The monoisotopic (exact) mass is 300 g/mol. The Morgan fingerprint density at radius 2 is 2.23 bits per heavy atom. The number of carbonyl (C=O) groups is 1. The van der Waals surface area contributed by atoms with Crippen LogP contribution in [0, 0.1) is 0 Å². The van der Waals surface area contributed by atoms with Crippen LogP contribution < -0.4 is 16.4 Å². The highest BCUT2D eigenvalue weighted by molar-refractivity contribution is 6.00. The lowest BCUT2D eigenvalue weighted by Crippen LogP contribution is -2.24. The lowest BCUT2D eigenvalue weighted by atomic mass is 10.1. The van der Waals surface area contributed by atoms with Crippen molar-refractivity contribution in [3.8, 4) is 0 Å². The van der Waals surface area contributed by atoms with E-state index in [0.29, 0.717) is 30.9 Å². The molecule has 0 atom stereocenters. The van der Waals surface area contributed by atoms with Gasteiger partial charge in [-0.1, -0.05) is 6.07 Å². The van der Waals surface area contributed by atoms with Gasteiger partial charge in [0.25, 0.3) is 5.91 Å². The average molecular weight is 300 g/mol. The molecular weight excluding hydrogens is 280 g/mol. The summed E-state index contributed by atoms with van der Waals surface area (Å²) in [5, 5.41) is 6.03. The van der Waals surface area contributed by atoms with Gasteiger partial charge in [-0.15, -0.1) is 0 Å². The van der Waals surface area contributed by atoms with Crippen LogP contribution in [-0.4, -0.2) is 31.2 Å². The standard InChI is InChI=1S/C16H20N4O2/c1-22-8-7-19-15-5-4-13(17)9-14(15)16(21)20-11-12-3-2-6-18-10-12/h2-6,9-10,19H,7-8,11,17H2,1H3,(H,20,21). The van der Waals surface area contributed by atoms with Crippen molar-refractivity contribution in [1.82, 2.24) is 10.3 Å². The molecule has 116 valence electrons. The lowest BCUT2D eigenvalue weighted by Gasteiger charge is -2.13. The summed E-state index contributed by atoms with van der Waals surface area (Å²) < 4.78 is 5.00. The van der Waals surface area contributed by atoms with Gasteiger partial charge < -0.3 is 21.1 Å². The molecule has 0 aliphatic carbocycles. The summed E-state index contributed by atoms with van der Waals surface area (Å²) in [6.07, 6.45) is 3.42. The minimum Gasteiger partial charge on any atom is -0.399 e. The van der Waals surface area contributed by atoms with Gasteiger partial charge in [-0.05, 0) is 29.8 Å². The molecule has 22 heavy (non-hydrogen) atoms. The van der Waals surface area contributed by atoms with Gasteiger partial charge in [0, 0.05) is 44.0 Å². The van der Waals surface area contributed by atoms with E-state index in [-0.39, 0.29) is 5.91 Å². The van der Waals surface area contributed by atoms with Crippen LogP contribution in [0.2, 0.25) is 0 Å². The van der Waals surface area contributed by atoms with Gasteiger partial charge in [0.15, 0.2) is 0 Å². The first-order chi connectivity index (χ1) is 10.7. The molecular formula is C16H20N4O2. The second kappa shape index (κ2) is 7.99. The molecule has 0 spiro atoms. The molecule has 0 saturated carbocycles. The molecule has 2 aromatic rings. The highest BCUT2D eigenvalue weighted by Gasteiger charge is 2.11. The van der Waals surface area contributed by atoms with Crippen LogP contribution in [0.15, 0.2) is 42.7 Å². The average Bonchev–Trinajstić information content (AvgIpc) is 2.55. The number of carbonyl (C=O) groups excluding carboxylic acids is 1. The molecule has 1 aromatic heterocycles. The molecule has 0 aliphatic heterocycles. The van der Waals surface area contributed by atoms with E-state index in [1.165, 1.54) is 0 Å². The first-order valence-corrected chi connectivity index (χ1v) is 7.00. The molecule has 0 saturated heterocycles. The van der Waals surface area contributed by atoms with E-state index in [1.807, 2.05) is 12.1 Å². The Balaban J connectivity index is 2.05. The van der Waals surface area contributed by atoms with E-state index in [2.05, 4.69) is 15.6 Å². The molecule has 0 aliphatic rings. The predicted octanol–water partition coefficient (Wildman–Crippen LogP) is 1.65. The molecule has 1 aromatic carbocycles. The minimum absolute atomic E-state index is 0.184. The molecule has 1 heterocycles. The number of pyridine rings is 1. The number of anilines is 2. The highest BCUT2D eigenvalue weighted by atomic mass is 16.5. The zero-order valence-corrected chi connectivity index (χ0v) is 12.5. The Kier molecular flexibility index (Phi) is 5.73. The summed E-state index contributed by atoms with van der Waals surface area (Å²) in [5.74, 6) is -0.184. The van der Waals surface area contributed by atoms with Crippen molar-refractivity contribution in [2.75, 3.05) is 31.3 Å². The molecule has 4 N–H and O–H groups in total. The Bertz CT molecular complexity index is 617. The number of aromatic nitrogens is 1. The first kappa shape index (κ1) is 15.8. The molecule has 0 radical (unpaired) electrons. The maximum atomic E-state index is 12.4. The molecule has 0 unspecified atom stereocenters. The fraction of sp³-hybridized carbons (Fsp3) is 0.250. The van der Waals surface area contributed by atoms with Gasteiger partial charge in [0.2, 0.25) is 0 Å². The number of nitrogen functional groups attached to an aromatic ring is 1. The smallest absolute Gasteiger partial charge is 0.253 e.